The lowest BCUT2D eigenvalue weighted by Crippen LogP contribution is -2.26. The van der Waals surface area contributed by atoms with Crippen molar-refractivity contribution in [2.45, 2.75) is 0 Å². The Kier molecular flexibility index (Phi) is 4.19. The molecule has 0 spiro atoms. The predicted octanol–water partition coefficient (Wildman–Crippen LogP) is -0.579. The highest BCUT2D eigenvalue weighted by molar-refractivity contribution is 5.87. The smallest absolute Gasteiger partial charge is 0.358 e. The highest BCUT2D eigenvalue weighted by atomic mass is 16.5. The molecular weight excluding hydrogens is 212 g/mol. The van der Waals surface area contributed by atoms with Gasteiger partial charge in [0.25, 0.3) is 0 Å². The fourth-order valence-electron chi connectivity index (χ4n) is 0.913. The van der Waals surface area contributed by atoms with Gasteiger partial charge in [0, 0.05) is 7.05 Å². The largest absolute Gasteiger partial charge is 0.464 e. The number of carbonyl (C=O) groups excluding carboxylic acids is 2. The number of ether oxygens (including phenoxy) is 1. The zero-order valence-electron chi connectivity index (χ0n) is 8.98. The van der Waals surface area contributed by atoms with Crippen molar-refractivity contribution in [3.8, 4) is 0 Å². The quantitative estimate of drug-likeness (QED) is 0.665. The number of likely N-dealkylation sites (N-methyl/N-ethyl adjacent to an activating group) is 1. The van der Waals surface area contributed by atoms with E-state index in [9.17, 15) is 9.59 Å². The SMILES string of the molecule is CNC(=O)CNc1cncc(C(=O)OC)n1. The minimum atomic E-state index is -0.573. The zero-order valence-corrected chi connectivity index (χ0v) is 8.98. The van der Waals surface area contributed by atoms with Gasteiger partial charge in [0.15, 0.2) is 5.69 Å². The Morgan fingerprint density at radius 2 is 2.19 bits per heavy atom. The number of hydrogen-bond acceptors (Lipinski definition) is 6. The molecule has 0 bridgehead atoms. The van der Waals surface area contributed by atoms with Crippen molar-refractivity contribution in [3.63, 3.8) is 0 Å². The van der Waals surface area contributed by atoms with E-state index in [1.54, 1.807) is 0 Å². The molecule has 0 aliphatic heterocycles. The maximum absolute atomic E-state index is 11.1. The molecule has 0 fully saturated rings. The summed E-state index contributed by atoms with van der Waals surface area (Å²) in [4.78, 5) is 29.8. The van der Waals surface area contributed by atoms with Crippen LogP contribution in [0.3, 0.4) is 0 Å². The van der Waals surface area contributed by atoms with E-state index in [4.69, 9.17) is 0 Å². The summed E-state index contributed by atoms with van der Waals surface area (Å²) in [6, 6.07) is 0. The molecule has 1 aromatic rings. The first kappa shape index (κ1) is 11.9. The van der Waals surface area contributed by atoms with Crippen LogP contribution in [-0.2, 0) is 9.53 Å². The third kappa shape index (κ3) is 3.19. The van der Waals surface area contributed by atoms with E-state index in [1.165, 1.54) is 26.6 Å². The van der Waals surface area contributed by atoms with E-state index in [-0.39, 0.29) is 18.1 Å². The third-order valence-electron chi connectivity index (χ3n) is 1.74. The van der Waals surface area contributed by atoms with Gasteiger partial charge in [-0.15, -0.1) is 0 Å². The Morgan fingerprint density at radius 1 is 1.44 bits per heavy atom. The van der Waals surface area contributed by atoms with Crippen LogP contribution in [0, 0.1) is 0 Å². The van der Waals surface area contributed by atoms with E-state index < -0.39 is 5.97 Å². The number of carbonyl (C=O) groups is 2. The maximum atomic E-state index is 11.1. The molecule has 0 radical (unpaired) electrons. The lowest BCUT2D eigenvalue weighted by Gasteiger charge is -2.04. The molecule has 2 N–H and O–H groups in total. The molecule has 1 heterocycles. The predicted molar refractivity (Wildman–Crippen MR) is 55.9 cm³/mol. The van der Waals surface area contributed by atoms with Gasteiger partial charge < -0.3 is 15.4 Å². The molecule has 16 heavy (non-hydrogen) atoms. The van der Waals surface area contributed by atoms with Gasteiger partial charge >= 0.3 is 5.97 Å². The van der Waals surface area contributed by atoms with Gasteiger partial charge in [0.1, 0.15) is 5.82 Å². The van der Waals surface area contributed by atoms with Crippen LogP contribution in [-0.4, -0.2) is 42.5 Å². The van der Waals surface area contributed by atoms with Crippen molar-refractivity contribution >= 4 is 17.7 Å². The van der Waals surface area contributed by atoms with Gasteiger partial charge in [0.2, 0.25) is 5.91 Å². The molecule has 0 aliphatic carbocycles. The van der Waals surface area contributed by atoms with Crippen LogP contribution in [0.25, 0.3) is 0 Å². The van der Waals surface area contributed by atoms with Gasteiger partial charge in [-0.1, -0.05) is 0 Å². The summed E-state index contributed by atoms with van der Waals surface area (Å²) in [5.41, 5.74) is 0.0874. The van der Waals surface area contributed by atoms with Gasteiger partial charge in [-0.3, -0.25) is 9.78 Å². The molecule has 0 atom stereocenters. The van der Waals surface area contributed by atoms with E-state index in [1.807, 2.05) is 0 Å². The normalized spacial score (nSPS) is 9.38. The monoisotopic (exact) mass is 224 g/mol. The first-order valence-corrected chi connectivity index (χ1v) is 4.52. The molecular formula is C9H12N4O3. The van der Waals surface area contributed by atoms with Gasteiger partial charge in [-0.25, -0.2) is 9.78 Å². The first-order chi connectivity index (χ1) is 7.67. The minimum Gasteiger partial charge on any atom is -0.464 e. The van der Waals surface area contributed by atoms with E-state index in [0.29, 0.717) is 5.82 Å². The molecule has 7 heteroatoms. The maximum Gasteiger partial charge on any atom is 0.358 e. The third-order valence-corrected chi connectivity index (χ3v) is 1.74. The van der Waals surface area contributed by atoms with Gasteiger partial charge in [-0.05, 0) is 0 Å². The molecule has 7 nitrogen and oxygen atoms in total. The average Bonchev–Trinajstić information content (AvgIpc) is 2.35. The summed E-state index contributed by atoms with van der Waals surface area (Å²) in [5, 5.41) is 5.16. The molecule has 1 aromatic heterocycles. The summed E-state index contributed by atoms with van der Waals surface area (Å²) in [5.74, 6) is -0.423. The fourth-order valence-corrected chi connectivity index (χ4v) is 0.913. The van der Waals surface area contributed by atoms with Crippen LogP contribution in [0.1, 0.15) is 10.5 Å². The van der Waals surface area contributed by atoms with Crippen molar-refractivity contribution in [3.05, 3.63) is 18.1 Å². The molecule has 0 saturated heterocycles. The highest BCUT2D eigenvalue weighted by Gasteiger charge is 2.08. The molecule has 1 rings (SSSR count). The van der Waals surface area contributed by atoms with Crippen molar-refractivity contribution < 1.29 is 14.3 Å². The Morgan fingerprint density at radius 3 is 2.81 bits per heavy atom. The zero-order chi connectivity index (χ0) is 12.0. The van der Waals surface area contributed by atoms with Crippen molar-refractivity contribution in [2.24, 2.45) is 0 Å². The Balaban J connectivity index is 2.67. The van der Waals surface area contributed by atoms with Crippen LogP contribution >= 0.6 is 0 Å². The first-order valence-electron chi connectivity index (χ1n) is 4.52. The van der Waals surface area contributed by atoms with Crippen molar-refractivity contribution in [1.82, 2.24) is 15.3 Å². The Bertz CT molecular complexity index is 394. The number of rotatable bonds is 4. The summed E-state index contributed by atoms with van der Waals surface area (Å²) in [6.07, 6.45) is 2.70. The molecule has 0 saturated carbocycles. The van der Waals surface area contributed by atoms with Crippen molar-refractivity contribution in [2.75, 3.05) is 26.0 Å². The topological polar surface area (TPSA) is 93.2 Å². The average molecular weight is 224 g/mol. The Labute approximate surface area is 92.2 Å². The summed E-state index contributed by atoms with van der Waals surface area (Å²) < 4.78 is 4.49. The Hall–Kier alpha value is -2.18. The lowest BCUT2D eigenvalue weighted by atomic mass is 10.4. The number of hydrogen-bond donors (Lipinski definition) is 2. The number of aromatic nitrogens is 2. The van der Waals surface area contributed by atoms with E-state index in [0.717, 1.165) is 0 Å². The summed E-state index contributed by atoms with van der Waals surface area (Å²) in [6.45, 7) is 0.0653. The van der Waals surface area contributed by atoms with E-state index >= 15 is 0 Å². The van der Waals surface area contributed by atoms with E-state index in [2.05, 4.69) is 25.3 Å². The number of methoxy groups -OCH3 is 1. The van der Waals surface area contributed by atoms with Crippen LogP contribution in [0.5, 0.6) is 0 Å². The molecule has 0 aromatic carbocycles. The van der Waals surface area contributed by atoms with Gasteiger partial charge in [0.05, 0.1) is 26.0 Å². The number of esters is 1. The number of nitrogens with zero attached hydrogens (tertiary/aromatic N) is 2. The molecule has 0 unspecified atom stereocenters. The van der Waals surface area contributed by atoms with Crippen molar-refractivity contribution in [1.29, 1.82) is 0 Å². The van der Waals surface area contributed by atoms with Crippen LogP contribution in [0.4, 0.5) is 5.82 Å². The number of amides is 1. The second-order valence-electron chi connectivity index (χ2n) is 2.81. The standard InChI is InChI=1S/C9H12N4O3/c1-10-8(14)5-12-7-4-11-3-6(13-7)9(15)16-2/h3-4H,5H2,1-2H3,(H,10,14)(H,12,13). The molecule has 86 valence electrons. The fraction of sp³-hybridized carbons (Fsp3) is 0.333. The number of nitrogens with one attached hydrogen (secondary N) is 2. The highest BCUT2D eigenvalue weighted by Crippen LogP contribution is 2.02. The lowest BCUT2D eigenvalue weighted by molar-refractivity contribution is -0.118. The second-order valence-corrected chi connectivity index (χ2v) is 2.81. The molecule has 1 amide bonds. The second kappa shape index (κ2) is 5.64. The number of anilines is 1. The van der Waals surface area contributed by atoms with Crippen LogP contribution in [0.2, 0.25) is 0 Å². The van der Waals surface area contributed by atoms with Crippen LogP contribution in [0.15, 0.2) is 12.4 Å². The summed E-state index contributed by atoms with van der Waals surface area (Å²) >= 11 is 0. The van der Waals surface area contributed by atoms with Gasteiger partial charge in [-0.2, -0.15) is 0 Å². The molecule has 0 aliphatic rings. The van der Waals surface area contributed by atoms with Crippen LogP contribution < -0.4 is 10.6 Å². The summed E-state index contributed by atoms with van der Waals surface area (Å²) in [7, 11) is 2.79. The minimum absolute atomic E-state index is 0.0653.